The van der Waals surface area contributed by atoms with Crippen molar-refractivity contribution < 1.29 is 8.42 Å². The molecule has 0 saturated carbocycles. The average molecular weight is 267 g/mol. The van der Waals surface area contributed by atoms with Crippen LogP contribution in [0.5, 0.6) is 0 Å². The Balaban J connectivity index is 2.63. The Labute approximate surface area is 105 Å². The minimum absolute atomic E-state index is 0.0268. The normalized spacial score (nSPS) is 12.2. The van der Waals surface area contributed by atoms with Gasteiger partial charge in [0.25, 0.3) is 0 Å². The SMILES string of the molecule is CC(C)SS(=O)(=O)c1cccc2cccnc12. The van der Waals surface area contributed by atoms with Crippen LogP contribution in [0.15, 0.2) is 41.4 Å². The predicted octanol–water partition coefficient (Wildman–Crippen LogP) is 3.07. The summed E-state index contributed by atoms with van der Waals surface area (Å²) in [6.45, 7) is 3.72. The summed E-state index contributed by atoms with van der Waals surface area (Å²) < 4.78 is 24.4. The van der Waals surface area contributed by atoms with E-state index in [0.29, 0.717) is 10.4 Å². The highest BCUT2D eigenvalue weighted by Gasteiger charge is 2.20. The van der Waals surface area contributed by atoms with Crippen molar-refractivity contribution in [1.29, 1.82) is 0 Å². The van der Waals surface area contributed by atoms with Crippen molar-refractivity contribution in [2.45, 2.75) is 24.0 Å². The Morgan fingerprint density at radius 2 is 1.88 bits per heavy atom. The maximum atomic E-state index is 12.2. The second kappa shape index (κ2) is 4.66. The fraction of sp³-hybridized carbons (Fsp3) is 0.250. The number of para-hydroxylation sites is 1. The molecule has 2 rings (SSSR count). The van der Waals surface area contributed by atoms with Crippen LogP contribution in [-0.2, 0) is 8.87 Å². The average Bonchev–Trinajstić information content (AvgIpc) is 2.26. The van der Waals surface area contributed by atoms with Crippen LogP contribution in [0.25, 0.3) is 10.9 Å². The van der Waals surface area contributed by atoms with Gasteiger partial charge in [0.15, 0.2) is 0 Å². The van der Waals surface area contributed by atoms with Gasteiger partial charge < -0.3 is 0 Å². The second-order valence-corrected chi connectivity index (χ2v) is 8.31. The van der Waals surface area contributed by atoms with E-state index in [1.807, 2.05) is 26.0 Å². The zero-order valence-electron chi connectivity index (χ0n) is 9.62. The summed E-state index contributed by atoms with van der Waals surface area (Å²) in [7, 11) is -2.38. The van der Waals surface area contributed by atoms with Crippen LogP contribution in [0.4, 0.5) is 0 Å². The van der Waals surface area contributed by atoms with Crippen LogP contribution >= 0.6 is 10.8 Å². The lowest BCUT2D eigenvalue weighted by atomic mass is 10.2. The third-order valence-corrected chi connectivity index (χ3v) is 6.14. The lowest BCUT2D eigenvalue weighted by Crippen LogP contribution is -2.01. The quantitative estimate of drug-likeness (QED) is 0.802. The van der Waals surface area contributed by atoms with Gasteiger partial charge in [0.05, 0.1) is 5.52 Å². The van der Waals surface area contributed by atoms with Gasteiger partial charge in [0.2, 0.25) is 8.87 Å². The summed E-state index contributed by atoms with van der Waals surface area (Å²) in [5.41, 5.74) is 0.545. The maximum absolute atomic E-state index is 12.2. The maximum Gasteiger partial charge on any atom is 0.232 e. The van der Waals surface area contributed by atoms with E-state index in [0.717, 1.165) is 16.2 Å². The lowest BCUT2D eigenvalue weighted by Gasteiger charge is -2.08. The van der Waals surface area contributed by atoms with Gasteiger partial charge in [-0.25, -0.2) is 8.42 Å². The van der Waals surface area contributed by atoms with Crippen molar-refractivity contribution in [3.05, 3.63) is 36.5 Å². The second-order valence-electron chi connectivity index (χ2n) is 3.93. The zero-order chi connectivity index (χ0) is 12.5. The first-order chi connectivity index (χ1) is 8.00. The number of rotatable bonds is 3. The molecule has 0 spiro atoms. The molecule has 0 aliphatic heterocycles. The standard InChI is InChI=1S/C12H13NO2S2/c1-9(2)16-17(14,15)11-7-3-5-10-6-4-8-13-12(10)11/h3-9H,1-2H3. The van der Waals surface area contributed by atoms with Crippen LogP contribution in [0, 0.1) is 0 Å². The molecule has 17 heavy (non-hydrogen) atoms. The molecule has 0 atom stereocenters. The fourth-order valence-corrected chi connectivity index (χ4v) is 5.08. The number of fused-ring (bicyclic) bond motifs is 1. The van der Waals surface area contributed by atoms with Gasteiger partial charge in [-0.15, -0.1) is 0 Å². The molecule has 3 nitrogen and oxygen atoms in total. The molecule has 0 aliphatic carbocycles. The van der Waals surface area contributed by atoms with Crippen molar-refractivity contribution >= 4 is 30.6 Å². The first kappa shape index (κ1) is 12.4. The third-order valence-electron chi connectivity index (χ3n) is 2.18. The molecule has 2 aromatic rings. The van der Waals surface area contributed by atoms with Gasteiger partial charge in [-0.05, 0) is 22.9 Å². The van der Waals surface area contributed by atoms with Gasteiger partial charge in [0.1, 0.15) is 4.90 Å². The van der Waals surface area contributed by atoms with E-state index in [-0.39, 0.29) is 5.25 Å². The van der Waals surface area contributed by atoms with E-state index in [1.54, 1.807) is 24.4 Å². The van der Waals surface area contributed by atoms with E-state index in [1.165, 1.54) is 0 Å². The summed E-state index contributed by atoms with van der Waals surface area (Å²) in [5.74, 6) is 0. The van der Waals surface area contributed by atoms with Gasteiger partial charge in [-0.2, -0.15) is 0 Å². The van der Waals surface area contributed by atoms with Crippen molar-refractivity contribution in [1.82, 2.24) is 4.98 Å². The Morgan fingerprint density at radius 3 is 2.59 bits per heavy atom. The number of pyridine rings is 1. The molecule has 90 valence electrons. The van der Waals surface area contributed by atoms with Crippen LogP contribution < -0.4 is 0 Å². The molecule has 0 bridgehead atoms. The lowest BCUT2D eigenvalue weighted by molar-refractivity contribution is 0.611. The zero-order valence-corrected chi connectivity index (χ0v) is 11.3. The monoisotopic (exact) mass is 267 g/mol. The molecule has 0 unspecified atom stereocenters. The van der Waals surface area contributed by atoms with Crippen LogP contribution in [0.1, 0.15) is 13.8 Å². The van der Waals surface area contributed by atoms with Crippen molar-refractivity contribution in [2.75, 3.05) is 0 Å². The van der Waals surface area contributed by atoms with E-state index >= 15 is 0 Å². The topological polar surface area (TPSA) is 47.0 Å². The summed E-state index contributed by atoms with van der Waals surface area (Å²) >= 11 is 0. The third kappa shape index (κ3) is 2.61. The fourth-order valence-electron chi connectivity index (χ4n) is 1.58. The highest BCUT2D eigenvalue weighted by Crippen LogP contribution is 2.30. The molecule has 0 aliphatic rings. The molecule has 0 N–H and O–H groups in total. The molecule has 0 fully saturated rings. The number of nitrogens with zero attached hydrogens (tertiary/aromatic N) is 1. The Kier molecular flexibility index (Phi) is 3.40. The molecular weight excluding hydrogens is 254 g/mol. The first-order valence-corrected chi connectivity index (χ1v) is 8.16. The van der Waals surface area contributed by atoms with Gasteiger partial charge in [-0.1, -0.05) is 32.0 Å². The van der Waals surface area contributed by atoms with Gasteiger partial charge >= 0.3 is 0 Å². The molecule has 1 aromatic heterocycles. The minimum atomic E-state index is -3.33. The largest absolute Gasteiger partial charge is 0.255 e. The minimum Gasteiger partial charge on any atom is -0.255 e. The summed E-state index contributed by atoms with van der Waals surface area (Å²) in [5, 5.41) is 0.872. The smallest absolute Gasteiger partial charge is 0.232 e. The highest BCUT2D eigenvalue weighted by molar-refractivity contribution is 8.72. The molecule has 0 saturated heterocycles. The molecule has 0 radical (unpaired) electrons. The molecular formula is C12H13NO2S2. The van der Waals surface area contributed by atoms with E-state index in [9.17, 15) is 8.42 Å². The Bertz CT molecular complexity index is 631. The number of aromatic nitrogens is 1. The number of hydrogen-bond acceptors (Lipinski definition) is 4. The van der Waals surface area contributed by atoms with E-state index < -0.39 is 8.87 Å². The van der Waals surface area contributed by atoms with Crippen LogP contribution in [0.2, 0.25) is 0 Å². The number of benzene rings is 1. The Hall–Kier alpha value is -1.07. The highest BCUT2D eigenvalue weighted by atomic mass is 33.1. The van der Waals surface area contributed by atoms with E-state index in [4.69, 9.17) is 0 Å². The van der Waals surface area contributed by atoms with Crippen molar-refractivity contribution in [2.24, 2.45) is 0 Å². The predicted molar refractivity (Wildman–Crippen MR) is 71.7 cm³/mol. The summed E-state index contributed by atoms with van der Waals surface area (Å²) in [4.78, 5) is 4.46. The summed E-state index contributed by atoms with van der Waals surface area (Å²) in [6, 6.07) is 8.88. The molecule has 1 heterocycles. The molecule has 0 amide bonds. The van der Waals surface area contributed by atoms with Crippen molar-refractivity contribution in [3.8, 4) is 0 Å². The van der Waals surface area contributed by atoms with Crippen LogP contribution in [0.3, 0.4) is 0 Å². The first-order valence-electron chi connectivity index (χ1n) is 5.28. The Morgan fingerprint density at radius 1 is 1.18 bits per heavy atom. The van der Waals surface area contributed by atoms with Gasteiger partial charge in [0, 0.05) is 16.8 Å². The van der Waals surface area contributed by atoms with Gasteiger partial charge in [-0.3, -0.25) is 4.98 Å². The molecule has 1 aromatic carbocycles. The van der Waals surface area contributed by atoms with Crippen molar-refractivity contribution in [3.63, 3.8) is 0 Å². The van der Waals surface area contributed by atoms with E-state index in [2.05, 4.69) is 4.98 Å². The molecule has 5 heteroatoms. The number of hydrogen-bond donors (Lipinski definition) is 0. The van der Waals surface area contributed by atoms with Crippen LogP contribution in [-0.4, -0.2) is 18.7 Å². The summed E-state index contributed by atoms with van der Waals surface area (Å²) in [6.07, 6.45) is 1.61.